The Bertz CT molecular complexity index is 378. The first-order valence-electron chi connectivity index (χ1n) is 6.85. The van der Waals surface area contributed by atoms with Gasteiger partial charge >= 0.3 is 0 Å². The molecule has 0 spiro atoms. The zero-order chi connectivity index (χ0) is 14.1. The molecule has 0 saturated carbocycles. The van der Waals surface area contributed by atoms with E-state index in [4.69, 9.17) is 0 Å². The first kappa shape index (κ1) is 16.1. The molecule has 0 aliphatic rings. The van der Waals surface area contributed by atoms with Gasteiger partial charge in [-0.25, -0.2) is 0 Å². The number of carbonyl (C=O) groups is 1. The second-order valence-corrected chi connectivity index (χ2v) is 5.78. The minimum absolute atomic E-state index is 0.000511. The average Bonchev–Trinajstić information content (AvgIpc) is 2.43. The highest BCUT2D eigenvalue weighted by atomic mass is 32.2. The molecule has 1 aromatic rings. The molecule has 4 heteroatoms. The lowest BCUT2D eigenvalue weighted by molar-refractivity contribution is 0.0950. The van der Waals surface area contributed by atoms with E-state index < -0.39 is 0 Å². The molecule has 0 aromatic heterocycles. The summed E-state index contributed by atoms with van der Waals surface area (Å²) in [4.78, 5) is 11.9. The molecule has 19 heavy (non-hydrogen) atoms. The summed E-state index contributed by atoms with van der Waals surface area (Å²) in [6.45, 7) is 7.85. The van der Waals surface area contributed by atoms with E-state index in [1.807, 2.05) is 36.0 Å². The highest BCUT2D eigenvalue weighted by Crippen LogP contribution is 2.12. The molecule has 2 N–H and O–H groups in total. The van der Waals surface area contributed by atoms with Gasteiger partial charge in [0.15, 0.2) is 0 Å². The first-order valence-corrected chi connectivity index (χ1v) is 8.01. The standard InChI is InChI=1S/C15H24N2OS/c1-4-16-12(3)10-17-15(18)14-8-6-13(7-9-14)11-19-5-2/h6-9,12,16H,4-5,10-11H2,1-3H3,(H,17,18)/t12-/m1/s1. The number of nitrogens with one attached hydrogen (secondary N) is 2. The van der Waals surface area contributed by atoms with Crippen LogP contribution in [0.2, 0.25) is 0 Å². The van der Waals surface area contributed by atoms with Crippen LogP contribution in [0.1, 0.15) is 36.7 Å². The quantitative estimate of drug-likeness (QED) is 0.769. The van der Waals surface area contributed by atoms with Gasteiger partial charge in [0.25, 0.3) is 5.91 Å². The zero-order valence-corrected chi connectivity index (χ0v) is 12.8. The van der Waals surface area contributed by atoms with Crippen molar-refractivity contribution in [3.8, 4) is 0 Å². The fraction of sp³-hybridized carbons (Fsp3) is 0.533. The molecule has 106 valence electrons. The van der Waals surface area contributed by atoms with Crippen LogP contribution in [0.3, 0.4) is 0 Å². The van der Waals surface area contributed by atoms with Gasteiger partial charge in [-0.3, -0.25) is 4.79 Å². The molecule has 0 aliphatic carbocycles. The summed E-state index contributed by atoms with van der Waals surface area (Å²) in [5, 5.41) is 6.21. The molecular weight excluding hydrogens is 256 g/mol. The average molecular weight is 280 g/mol. The minimum Gasteiger partial charge on any atom is -0.350 e. The predicted molar refractivity (Wildman–Crippen MR) is 83.7 cm³/mol. The predicted octanol–water partition coefficient (Wildman–Crippen LogP) is 2.67. The fourth-order valence-electron chi connectivity index (χ4n) is 1.74. The highest BCUT2D eigenvalue weighted by Gasteiger charge is 2.07. The Labute approximate surface area is 120 Å². The Hall–Kier alpha value is -1.00. The van der Waals surface area contributed by atoms with E-state index in [0.29, 0.717) is 12.6 Å². The van der Waals surface area contributed by atoms with E-state index in [-0.39, 0.29) is 5.91 Å². The van der Waals surface area contributed by atoms with E-state index in [1.54, 1.807) is 0 Å². The zero-order valence-electron chi connectivity index (χ0n) is 12.0. The van der Waals surface area contributed by atoms with Gasteiger partial charge in [0.1, 0.15) is 0 Å². The fourth-order valence-corrected chi connectivity index (χ4v) is 2.37. The molecule has 0 fully saturated rings. The summed E-state index contributed by atoms with van der Waals surface area (Å²) in [7, 11) is 0. The van der Waals surface area contributed by atoms with Crippen molar-refractivity contribution in [1.29, 1.82) is 0 Å². The Morgan fingerprint density at radius 3 is 2.53 bits per heavy atom. The maximum atomic E-state index is 11.9. The summed E-state index contributed by atoms with van der Waals surface area (Å²) in [5.74, 6) is 2.12. The first-order chi connectivity index (χ1) is 9.17. The SMILES string of the molecule is CCN[C@H](C)CNC(=O)c1ccc(CSCC)cc1. The second kappa shape index (κ2) is 8.99. The topological polar surface area (TPSA) is 41.1 Å². The van der Waals surface area contributed by atoms with Crippen LogP contribution in [-0.2, 0) is 5.75 Å². The molecule has 1 aromatic carbocycles. The lowest BCUT2D eigenvalue weighted by atomic mass is 10.1. The Balaban J connectivity index is 2.44. The number of amides is 1. The smallest absolute Gasteiger partial charge is 0.251 e. The number of hydrogen-bond donors (Lipinski definition) is 2. The van der Waals surface area contributed by atoms with E-state index >= 15 is 0 Å². The monoisotopic (exact) mass is 280 g/mol. The number of thioether (sulfide) groups is 1. The number of likely N-dealkylation sites (N-methyl/N-ethyl adjacent to an activating group) is 1. The van der Waals surface area contributed by atoms with Crippen LogP contribution in [0.15, 0.2) is 24.3 Å². The Morgan fingerprint density at radius 2 is 1.95 bits per heavy atom. The molecule has 1 amide bonds. The van der Waals surface area contributed by atoms with Crippen LogP contribution >= 0.6 is 11.8 Å². The van der Waals surface area contributed by atoms with Crippen molar-refractivity contribution in [2.24, 2.45) is 0 Å². The van der Waals surface area contributed by atoms with Gasteiger partial charge in [-0.2, -0.15) is 11.8 Å². The van der Waals surface area contributed by atoms with Crippen molar-refractivity contribution in [3.63, 3.8) is 0 Å². The molecule has 1 rings (SSSR count). The Morgan fingerprint density at radius 1 is 1.26 bits per heavy atom. The van der Waals surface area contributed by atoms with Gasteiger partial charge in [-0.15, -0.1) is 0 Å². The molecule has 0 aliphatic heterocycles. The molecule has 0 radical (unpaired) electrons. The summed E-state index contributed by atoms with van der Waals surface area (Å²) >= 11 is 1.89. The molecule has 1 atom stereocenters. The maximum absolute atomic E-state index is 11.9. The largest absolute Gasteiger partial charge is 0.350 e. The molecule has 0 bridgehead atoms. The van der Waals surface area contributed by atoms with Crippen LogP contribution in [-0.4, -0.2) is 30.8 Å². The molecular formula is C15H24N2OS. The van der Waals surface area contributed by atoms with Gasteiger partial charge in [0.2, 0.25) is 0 Å². The van der Waals surface area contributed by atoms with Crippen molar-refractivity contribution in [1.82, 2.24) is 10.6 Å². The van der Waals surface area contributed by atoms with Crippen LogP contribution in [0.5, 0.6) is 0 Å². The second-order valence-electron chi connectivity index (χ2n) is 4.50. The normalized spacial score (nSPS) is 12.2. The van der Waals surface area contributed by atoms with Gasteiger partial charge in [0, 0.05) is 23.9 Å². The van der Waals surface area contributed by atoms with Crippen molar-refractivity contribution >= 4 is 17.7 Å². The van der Waals surface area contributed by atoms with Gasteiger partial charge in [-0.05, 0) is 36.9 Å². The minimum atomic E-state index is -0.000511. The van der Waals surface area contributed by atoms with Crippen LogP contribution < -0.4 is 10.6 Å². The van der Waals surface area contributed by atoms with Crippen LogP contribution in [0.4, 0.5) is 0 Å². The van der Waals surface area contributed by atoms with E-state index in [0.717, 1.165) is 23.6 Å². The third-order valence-electron chi connectivity index (χ3n) is 2.81. The molecule has 0 unspecified atom stereocenters. The summed E-state index contributed by atoms with van der Waals surface area (Å²) in [5.41, 5.74) is 2.00. The molecule has 0 heterocycles. The summed E-state index contributed by atoms with van der Waals surface area (Å²) < 4.78 is 0. The van der Waals surface area contributed by atoms with Crippen LogP contribution in [0.25, 0.3) is 0 Å². The summed E-state index contributed by atoms with van der Waals surface area (Å²) in [6, 6.07) is 8.17. The van der Waals surface area contributed by atoms with Crippen molar-refractivity contribution < 1.29 is 4.79 Å². The molecule has 3 nitrogen and oxygen atoms in total. The third kappa shape index (κ3) is 6.12. The highest BCUT2D eigenvalue weighted by molar-refractivity contribution is 7.98. The van der Waals surface area contributed by atoms with E-state index in [9.17, 15) is 4.79 Å². The number of benzene rings is 1. The van der Waals surface area contributed by atoms with Crippen molar-refractivity contribution in [2.45, 2.75) is 32.6 Å². The summed E-state index contributed by atoms with van der Waals surface area (Å²) in [6.07, 6.45) is 0. The van der Waals surface area contributed by atoms with Crippen molar-refractivity contribution in [2.75, 3.05) is 18.8 Å². The maximum Gasteiger partial charge on any atom is 0.251 e. The van der Waals surface area contributed by atoms with Gasteiger partial charge < -0.3 is 10.6 Å². The number of carbonyl (C=O) groups excluding carboxylic acids is 1. The number of hydrogen-bond acceptors (Lipinski definition) is 3. The van der Waals surface area contributed by atoms with E-state index in [1.165, 1.54) is 5.56 Å². The third-order valence-corrected chi connectivity index (χ3v) is 3.76. The number of rotatable bonds is 8. The van der Waals surface area contributed by atoms with Gasteiger partial charge in [0.05, 0.1) is 0 Å². The van der Waals surface area contributed by atoms with Gasteiger partial charge in [-0.1, -0.05) is 26.0 Å². The lowest BCUT2D eigenvalue weighted by Crippen LogP contribution is -2.38. The molecule has 0 saturated heterocycles. The Kier molecular flexibility index (Phi) is 7.60. The van der Waals surface area contributed by atoms with Crippen molar-refractivity contribution in [3.05, 3.63) is 35.4 Å². The van der Waals surface area contributed by atoms with Crippen LogP contribution in [0, 0.1) is 0 Å². The van der Waals surface area contributed by atoms with E-state index in [2.05, 4.69) is 31.4 Å². The lowest BCUT2D eigenvalue weighted by Gasteiger charge is -2.13.